The van der Waals surface area contributed by atoms with Crippen molar-refractivity contribution in [3.05, 3.63) is 54.6 Å². The number of nitrogens with zero attached hydrogens (tertiary/aromatic N) is 1. The SMILES string of the molecule is O=C(Nc1ccccc1)Oc1ccc(N2CCOCC2F)cc1. The van der Waals surface area contributed by atoms with Gasteiger partial charge >= 0.3 is 6.09 Å². The molecule has 0 saturated carbocycles. The van der Waals surface area contributed by atoms with Gasteiger partial charge in [-0.15, -0.1) is 0 Å². The van der Waals surface area contributed by atoms with E-state index >= 15 is 0 Å². The smallest absolute Gasteiger partial charge is 0.410 e. The lowest BCUT2D eigenvalue weighted by Crippen LogP contribution is -2.42. The number of halogens is 1. The number of morpholine rings is 1. The van der Waals surface area contributed by atoms with Crippen LogP contribution in [0, 0.1) is 0 Å². The molecule has 1 aliphatic heterocycles. The molecule has 0 spiro atoms. The van der Waals surface area contributed by atoms with Gasteiger partial charge in [-0.2, -0.15) is 0 Å². The van der Waals surface area contributed by atoms with E-state index in [2.05, 4.69) is 5.32 Å². The molecule has 23 heavy (non-hydrogen) atoms. The molecule has 2 aromatic rings. The molecule has 0 bridgehead atoms. The molecule has 1 amide bonds. The topological polar surface area (TPSA) is 50.8 Å². The van der Waals surface area contributed by atoms with Crippen LogP contribution in [0.25, 0.3) is 0 Å². The predicted octanol–water partition coefficient (Wildman–Crippen LogP) is 3.43. The van der Waals surface area contributed by atoms with Crippen molar-refractivity contribution in [2.24, 2.45) is 0 Å². The van der Waals surface area contributed by atoms with Gasteiger partial charge in [0.2, 0.25) is 0 Å². The van der Waals surface area contributed by atoms with Crippen molar-refractivity contribution in [2.45, 2.75) is 6.30 Å². The van der Waals surface area contributed by atoms with Gasteiger partial charge in [0.15, 0.2) is 6.30 Å². The number of anilines is 2. The number of carbonyl (C=O) groups is 1. The number of carbonyl (C=O) groups excluding carboxylic acids is 1. The Hall–Kier alpha value is -2.60. The molecule has 1 heterocycles. The van der Waals surface area contributed by atoms with Gasteiger partial charge in [-0.25, -0.2) is 9.18 Å². The fourth-order valence-corrected chi connectivity index (χ4v) is 2.34. The quantitative estimate of drug-likeness (QED) is 0.882. The first kappa shape index (κ1) is 15.3. The number of benzene rings is 2. The maximum atomic E-state index is 13.8. The highest BCUT2D eigenvalue weighted by Gasteiger charge is 2.22. The zero-order valence-corrected chi connectivity index (χ0v) is 12.4. The average Bonchev–Trinajstić information content (AvgIpc) is 2.57. The van der Waals surface area contributed by atoms with Crippen molar-refractivity contribution in [1.29, 1.82) is 0 Å². The normalized spacial score (nSPS) is 17.6. The molecule has 5 nitrogen and oxygen atoms in total. The van der Waals surface area contributed by atoms with E-state index in [1.807, 2.05) is 18.2 Å². The van der Waals surface area contributed by atoms with E-state index in [-0.39, 0.29) is 6.61 Å². The molecule has 1 aliphatic rings. The summed E-state index contributed by atoms with van der Waals surface area (Å²) < 4.78 is 24.1. The molecule has 120 valence electrons. The Balaban J connectivity index is 1.60. The van der Waals surface area contributed by atoms with E-state index in [0.717, 1.165) is 5.69 Å². The van der Waals surface area contributed by atoms with E-state index in [0.29, 0.717) is 24.6 Å². The number of hydrogen-bond acceptors (Lipinski definition) is 4. The Bertz CT molecular complexity index is 649. The summed E-state index contributed by atoms with van der Waals surface area (Å²) in [6.07, 6.45) is -1.73. The lowest BCUT2D eigenvalue weighted by atomic mass is 10.2. The second-order valence-electron chi connectivity index (χ2n) is 5.08. The van der Waals surface area contributed by atoms with Gasteiger partial charge in [-0.1, -0.05) is 18.2 Å². The van der Waals surface area contributed by atoms with Gasteiger partial charge in [0.05, 0.1) is 13.2 Å². The van der Waals surface area contributed by atoms with E-state index in [4.69, 9.17) is 9.47 Å². The molecule has 1 saturated heterocycles. The van der Waals surface area contributed by atoms with Crippen molar-refractivity contribution in [2.75, 3.05) is 30.0 Å². The summed E-state index contributed by atoms with van der Waals surface area (Å²) in [5, 5.41) is 2.63. The molecular weight excluding hydrogens is 299 g/mol. The van der Waals surface area contributed by atoms with E-state index in [9.17, 15) is 9.18 Å². The summed E-state index contributed by atoms with van der Waals surface area (Å²) in [4.78, 5) is 13.4. The molecule has 2 aromatic carbocycles. The zero-order valence-electron chi connectivity index (χ0n) is 12.4. The van der Waals surface area contributed by atoms with Gasteiger partial charge in [-0.05, 0) is 36.4 Å². The third kappa shape index (κ3) is 3.98. The molecule has 1 atom stereocenters. The summed E-state index contributed by atoms with van der Waals surface area (Å²) in [7, 11) is 0. The van der Waals surface area contributed by atoms with Gasteiger partial charge in [0, 0.05) is 17.9 Å². The highest BCUT2D eigenvalue weighted by atomic mass is 19.1. The van der Waals surface area contributed by atoms with E-state index < -0.39 is 12.4 Å². The Morgan fingerprint density at radius 3 is 2.61 bits per heavy atom. The Morgan fingerprint density at radius 2 is 1.91 bits per heavy atom. The molecule has 0 radical (unpaired) electrons. The van der Waals surface area contributed by atoms with Crippen molar-refractivity contribution in [3.63, 3.8) is 0 Å². The van der Waals surface area contributed by atoms with Gasteiger partial charge < -0.3 is 14.4 Å². The van der Waals surface area contributed by atoms with Crippen molar-refractivity contribution < 1.29 is 18.7 Å². The summed E-state index contributed by atoms with van der Waals surface area (Å²) in [5.41, 5.74) is 1.39. The van der Waals surface area contributed by atoms with Crippen LogP contribution in [0.2, 0.25) is 0 Å². The van der Waals surface area contributed by atoms with Crippen molar-refractivity contribution in [1.82, 2.24) is 0 Å². The second-order valence-corrected chi connectivity index (χ2v) is 5.08. The van der Waals surface area contributed by atoms with Crippen LogP contribution in [0.1, 0.15) is 0 Å². The van der Waals surface area contributed by atoms with Crippen LogP contribution in [0.3, 0.4) is 0 Å². The highest BCUT2D eigenvalue weighted by Crippen LogP contribution is 2.23. The van der Waals surface area contributed by atoms with Crippen molar-refractivity contribution in [3.8, 4) is 5.75 Å². The van der Waals surface area contributed by atoms with Crippen LogP contribution in [0.5, 0.6) is 5.75 Å². The van der Waals surface area contributed by atoms with E-state index in [1.165, 1.54) is 0 Å². The lowest BCUT2D eigenvalue weighted by molar-refractivity contribution is 0.0496. The van der Waals surface area contributed by atoms with Crippen LogP contribution in [-0.2, 0) is 4.74 Å². The van der Waals surface area contributed by atoms with Crippen LogP contribution in [-0.4, -0.2) is 32.1 Å². The standard InChI is InChI=1S/C17H17FN2O3/c18-16-12-22-11-10-20(16)14-6-8-15(9-7-14)23-17(21)19-13-4-2-1-3-5-13/h1-9,16H,10-12H2,(H,19,21). The first-order chi connectivity index (χ1) is 11.2. The van der Waals surface area contributed by atoms with Crippen LogP contribution < -0.4 is 15.0 Å². The summed E-state index contributed by atoms with van der Waals surface area (Å²) >= 11 is 0. The number of nitrogens with one attached hydrogen (secondary N) is 1. The third-order valence-corrected chi connectivity index (χ3v) is 3.47. The number of para-hydroxylation sites is 1. The molecule has 1 N–H and O–H groups in total. The molecule has 6 heteroatoms. The largest absolute Gasteiger partial charge is 0.417 e. The minimum Gasteiger partial charge on any atom is -0.410 e. The number of rotatable bonds is 3. The van der Waals surface area contributed by atoms with Crippen LogP contribution in [0.4, 0.5) is 20.6 Å². The number of hydrogen-bond donors (Lipinski definition) is 1. The van der Waals surface area contributed by atoms with E-state index in [1.54, 1.807) is 41.3 Å². The number of alkyl halides is 1. The molecular formula is C17H17FN2O3. The monoisotopic (exact) mass is 316 g/mol. The first-order valence-electron chi connectivity index (χ1n) is 7.35. The zero-order chi connectivity index (χ0) is 16.1. The number of ether oxygens (including phenoxy) is 2. The molecule has 1 unspecified atom stereocenters. The molecule has 1 fully saturated rings. The average molecular weight is 316 g/mol. The fourth-order valence-electron chi connectivity index (χ4n) is 2.34. The molecule has 0 aliphatic carbocycles. The Morgan fingerprint density at radius 1 is 1.17 bits per heavy atom. The van der Waals surface area contributed by atoms with Gasteiger partial charge in [0.25, 0.3) is 0 Å². The summed E-state index contributed by atoms with van der Waals surface area (Å²) in [6.45, 7) is 1.06. The van der Waals surface area contributed by atoms with Crippen molar-refractivity contribution >= 4 is 17.5 Å². The first-order valence-corrected chi connectivity index (χ1v) is 7.35. The minimum absolute atomic E-state index is 0.0672. The Labute approximate surface area is 133 Å². The number of amides is 1. The van der Waals surface area contributed by atoms with Gasteiger partial charge in [-0.3, -0.25) is 5.32 Å². The maximum absolute atomic E-state index is 13.8. The third-order valence-electron chi connectivity index (χ3n) is 3.47. The fraction of sp³-hybridized carbons (Fsp3) is 0.235. The predicted molar refractivity (Wildman–Crippen MR) is 85.6 cm³/mol. The minimum atomic E-state index is -1.16. The lowest BCUT2D eigenvalue weighted by Gasteiger charge is -2.32. The van der Waals surface area contributed by atoms with Crippen LogP contribution in [0.15, 0.2) is 54.6 Å². The van der Waals surface area contributed by atoms with Crippen LogP contribution >= 0.6 is 0 Å². The molecule has 3 rings (SSSR count). The Kier molecular flexibility index (Phi) is 4.73. The summed E-state index contributed by atoms with van der Waals surface area (Å²) in [5.74, 6) is 0.394. The maximum Gasteiger partial charge on any atom is 0.417 e. The molecule has 0 aromatic heterocycles. The second kappa shape index (κ2) is 7.11. The highest BCUT2D eigenvalue weighted by molar-refractivity contribution is 5.86. The van der Waals surface area contributed by atoms with Gasteiger partial charge in [0.1, 0.15) is 5.75 Å². The summed E-state index contributed by atoms with van der Waals surface area (Å²) in [6, 6.07) is 15.8.